The van der Waals surface area contributed by atoms with Gasteiger partial charge in [0, 0.05) is 24.6 Å². The molecule has 118 valence electrons. The summed E-state index contributed by atoms with van der Waals surface area (Å²) in [5.41, 5.74) is 2.58. The van der Waals surface area contributed by atoms with E-state index in [0.29, 0.717) is 5.95 Å². The molecule has 0 amide bonds. The number of nitrogens with zero attached hydrogens (tertiary/aromatic N) is 3. The number of likely N-dealkylation sites (N-methyl/N-ethyl adjacent to an activating group) is 1. The van der Waals surface area contributed by atoms with Crippen LogP contribution in [-0.2, 0) is 4.79 Å². The maximum absolute atomic E-state index is 11.1. The minimum Gasteiger partial charge on any atom is -0.508 e. The van der Waals surface area contributed by atoms with E-state index in [-0.39, 0.29) is 11.1 Å². The summed E-state index contributed by atoms with van der Waals surface area (Å²) in [6.45, 7) is 1.97. The predicted molar refractivity (Wildman–Crippen MR) is 91.2 cm³/mol. The fourth-order valence-corrected chi connectivity index (χ4v) is 3.38. The molecule has 2 N–H and O–H groups in total. The van der Waals surface area contributed by atoms with Crippen molar-refractivity contribution in [2.75, 3.05) is 12.4 Å². The molecule has 1 aromatic heterocycles. The van der Waals surface area contributed by atoms with Crippen LogP contribution < -0.4 is 5.32 Å². The summed E-state index contributed by atoms with van der Waals surface area (Å²) < 4.78 is 0. The summed E-state index contributed by atoms with van der Waals surface area (Å²) in [5, 5.41) is 12.2. The highest BCUT2D eigenvalue weighted by Gasteiger charge is 2.28. The maximum atomic E-state index is 11.1. The highest BCUT2D eigenvalue weighted by molar-refractivity contribution is 8.09. The molecule has 0 saturated carbocycles. The van der Waals surface area contributed by atoms with Gasteiger partial charge in [-0.15, -0.1) is 0 Å². The SMILES string of the molecule is CC1=C(c2ccnc(Nc3ccc(O)cc3)n2)SC(C=O)N1C. The summed E-state index contributed by atoms with van der Waals surface area (Å²) in [5.74, 6) is 0.669. The van der Waals surface area contributed by atoms with Gasteiger partial charge < -0.3 is 20.1 Å². The average Bonchev–Trinajstić information content (AvgIpc) is 2.85. The normalized spacial score (nSPS) is 17.5. The number of allylic oxidation sites excluding steroid dienone is 1. The van der Waals surface area contributed by atoms with E-state index in [1.54, 1.807) is 30.5 Å². The Balaban J connectivity index is 1.86. The molecule has 0 saturated heterocycles. The molecule has 1 aliphatic rings. The monoisotopic (exact) mass is 328 g/mol. The van der Waals surface area contributed by atoms with E-state index in [9.17, 15) is 9.90 Å². The highest BCUT2D eigenvalue weighted by atomic mass is 32.2. The quantitative estimate of drug-likeness (QED) is 0.660. The van der Waals surface area contributed by atoms with E-state index in [1.807, 2.05) is 24.9 Å². The molecule has 1 unspecified atom stereocenters. The van der Waals surface area contributed by atoms with Crippen LogP contribution in [0.1, 0.15) is 12.6 Å². The first-order valence-electron chi connectivity index (χ1n) is 7.03. The first-order chi connectivity index (χ1) is 11.1. The molecule has 2 aromatic rings. The number of rotatable bonds is 4. The number of carbonyl (C=O) groups excluding carboxylic acids is 1. The van der Waals surface area contributed by atoms with Crippen molar-refractivity contribution in [1.29, 1.82) is 0 Å². The molecule has 0 fully saturated rings. The van der Waals surface area contributed by atoms with Crippen LogP contribution in [0.4, 0.5) is 11.6 Å². The highest BCUT2D eigenvalue weighted by Crippen LogP contribution is 2.41. The number of hydrogen-bond donors (Lipinski definition) is 2. The van der Waals surface area contributed by atoms with Gasteiger partial charge in [0.2, 0.25) is 5.95 Å². The second-order valence-electron chi connectivity index (χ2n) is 5.11. The average molecular weight is 328 g/mol. The van der Waals surface area contributed by atoms with Crippen molar-refractivity contribution >= 4 is 34.6 Å². The van der Waals surface area contributed by atoms with Gasteiger partial charge in [-0.3, -0.25) is 0 Å². The van der Waals surface area contributed by atoms with Gasteiger partial charge >= 0.3 is 0 Å². The molecule has 2 heterocycles. The van der Waals surface area contributed by atoms with Gasteiger partial charge in [-0.25, -0.2) is 9.97 Å². The van der Waals surface area contributed by atoms with Crippen molar-refractivity contribution < 1.29 is 9.90 Å². The van der Waals surface area contributed by atoms with Gasteiger partial charge in [0.05, 0.1) is 10.6 Å². The van der Waals surface area contributed by atoms with Crippen LogP contribution in [0.2, 0.25) is 0 Å². The van der Waals surface area contributed by atoms with Crippen LogP contribution in [0.25, 0.3) is 4.91 Å². The van der Waals surface area contributed by atoms with Crippen LogP contribution in [0.5, 0.6) is 5.75 Å². The van der Waals surface area contributed by atoms with Crippen molar-refractivity contribution in [3.05, 3.63) is 47.9 Å². The van der Waals surface area contributed by atoms with Crippen molar-refractivity contribution in [2.24, 2.45) is 0 Å². The lowest BCUT2D eigenvalue weighted by Crippen LogP contribution is -2.23. The zero-order chi connectivity index (χ0) is 16.4. The Morgan fingerprint density at radius 1 is 1.30 bits per heavy atom. The number of aromatic nitrogens is 2. The van der Waals surface area contributed by atoms with Crippen LogP contribution in [0.3, 0.4) is 0 Å². The molecule has 1 aromatic carbocycles. The summed E-state index contributed by atoms with van der Waals surface area (Å²) in [6, 6.07) is 8.51. The Bertz CT molecular complexity index is 761. The van der Waals surface area contributed by atoms with E-state index >= 15 is 0 Å². The number of nitrogens with one attached hydrogen (secondary N) is 1. The lowest BCUT2D eigenvalue weighted by atomic mass is 10.3. The Morgan fingerprint density at radius 3 is 2.70 bits per heavy atom. The van der Waals surface area contributed by atoms with Crippen molar-refractivity contribution in [1.82, 2.24) is 14.9 Å². The molecule has 0 aliphatic carbocycles. The molecule has 6 nitrogen and oxygen atoms in total. The molecular formula is C16H16N4O2S. The fourth-order valence-electron chi connectivity index (χ4n) is 2.22. The van der Waals surface area contributed by atoms with Crippen molar-refractivity contribution in [3.63, 3.8) is 0 Å². The second kappa shape index (κ2) is 6.29. The number of anilines is 2. The lowest BCUT2D eigenvalue weighted by Gasteiger charge is -2.16. The number of thioether (sulfide) groups is 1. The summed E-state index contributed by atoms with van der Waals surface area (Å²) in [6.07, 6.45) is 2.61. The van der Waals surface area contributed by atoms with Gasteiger partial charge in [-0.2, -0.15) is 0 Å². The number of phenolic OH excluding ortho intramolecular Hbond substituents is 1. The van der Waals surface area contributed by atoms with Gasteiger partial charge in [-0.1, -0.05) is 11.8 Å². The standard InChI is InChI=1S/C16H16N4O2S/c1-10-15(23-14(9-21)20(10)2)13-7-8-17-16(19-13)18-11-3-5-12(22)6-4-11/h3-9,14,22H,1-2H3,(H,17,18,19). The number of phenols is 1. The number of carbonyl (C=O) groups is 1. The Morgan fingerprint density at radius 2 is 2.04 bits per heavy atom. The molecule has 1 atom stereocenters. The van der Waals surface area contributed by atoms with Crippen molar-refractivity contribution in [3.8, 4) is 5.75 Å². The van der Waals surface area contributed by atoms with Crippen LogP contribution in [-0.4, -0.2) is 38.7 Å². The third kappa shape index (κ3) is 3.14. The fraction of sp³-hybridized carbons (Fsp3) is 0.188. The molecule has 1 aliphatic heterocycles. The lowest BCUT2D eigenvalue weighted by molar-refractivity contribution is -0.109. The van der Waals surface area contributed by atoms with Gasteiger partial charge in [0.15, 0.2) is 6.29 Å². The molecule has 0 bridgehead atoms. The Kier molecular flexibility index (Phi) is 4.20. The first-order valence-corrected chi connectivity index (χ1v) is 7.91. The van der Waals surface area contributed by atoms with Gasteiger partial charge in [-0.05, 0) is 37.3 Å². The second-order valence-corrected chi connectivity index (χ2v) is 6.23. The maximum Gasteiger partial charge on any atom is 0.227 e. The Hall–Kier alpha value is -2.54. The van der Waals surface area contributed by atoms with E-state index in [2.05, 4.69) is 15.3 Å². The summed E-state index contributed by atoms with van der Waals surface area (Å²) >= 11 is 1.48. The van der Waals surface area contributed by atoms with Crippen molar-refractivity contribution in [2.45, 2.75) is 12.3 Å². The van der Waals surface area contributed by atoms with Gasteiger partial charge in [0.1, 0.15) is 11.1 Å². The van der Waals surface area contributed by atoms with Gasteiger partial charge in [0.25, 0.3) is 0 Å². The topological polar surface area (TPSA) is 78.4 Å². The van der Waals surface area contributed by atoms with Crippen LogP contribution in [0, 0.1) is 0 Å². The number of benzene rings is 1. The summed E-state index contributed by atoms with van der Waals surface area (Å²) in [7, 11) is 1.89. The number of aldehydes is 1. The number of aromatic hydroxyl groups is 1. The van der Waals surface area contributed by atoms with E-state index in [1.165, 1.54) is 11.8 Å². The van der Waals surface area contributed by atoms with Crippen LogP contribution in [0.15, 0.2) is 42.2 Å². The number of hydrogen-bond acceptors (Lipinski definition) is 7. The predicted octanol–water partition coefficient (Wildman–Crippen LogP) is 2.82. The molecule has 7 heteroatoms. The molecule has 23 heavy (non-hydrogen) atoms. The van der Waals surface area contributed by atoms with E-state index < -0.39 is 0 Å². The minimum atomic E-state index is -0.214. The molecule has 0 radical (unpaired) electrons. The minimum absolute atomic E-state index is 0.205. The zero-order valence-electron chi connectivity index (χ0n) is 12.7. The molecule has 0 spiro atoms. The first kappa shape index (κ1) is 15.4. The van der Waals surface area contributed by atoms with E-state index in [4.69, 9.17) is 0 Å². The largest absolute Gasteiger partial charge is 0.508 e. The van der Waals surface area contributed by atoms with Crippen LogP contribution >= 0.6 is 11.8 Å². The summed E-state index contributed by atoms with van der Waals surface area (Å²) in [4.78, 5) is 22.8. The Labute approximate surface area is 138 Å². The van der Waals surface area contributed by atoms with E-state index in [0.717, 1.165) is 28.3 Å². The third-order valence-electron chi connectivity index (χ3n) is 3.61. The molecule has 3 rings (SSSR count). The zero-order valence-corrected chi connectivity index (χ0v) is 13.5. The third-order valence-corrected chi connectivity index (χ3v) is 5.02. The molecular weight excluding hydrogens is 312 g/mol. The smallest absolute Gasteiger partial charge is 0.227 e.